The summed E-state index contributed by atoms with van der Waals surface area (Å²) in [6, 6.07) is 5.56. The molecule has 2 atom stereocenters. The second kappa shape index (κ2) is 8.04. The number of benzene rings is 1. The zero-order valence-corrected chi connectivity index (χ0v) is 12.1. The third-order valence-corrected chi connectivity index (χ3v) is 4.37. The van der Waals surface area contributed by atoms with E-state index in [0.29, 0.717) is 11.4 Å². The number of amides is 1. The Hall–Kier alpha value is -1.23. The van der Waals surface area contributed by atoms with Crippen LogP contribution in [0.1, 0.15) is 33.1 Å². The Kier molecular flexibility index (Phi) is 6.70. The number of unbranched alkanes of at least 4 members (excludes halogenated alkanes) is 2. The molecule has 1 amide bonds. The van der Waals surface area contributed by atoms with Crippen LogP contribution in [0.15, 0.2) is 29.2 Å². The van der Waals surface area contributed by atoms with Crippen molar-refractivity contribution in [1.29, 1.82) is 0 Å². The first kappa shape index (κ1) is 15.8. The number of nitrogens with one attached hydrogen (secondary N) is 1. The molecule has 0 aliphatic heterocycles. The number of hydrogen-bond donors (Lipinski definition) is 1. The van der Waals surface area contributed by atoms with E-state index in [-0.39, 0.29) is 5.91 Å². The molecule has 0 saturated heterocycles. The summed E-state index contributed by atoms with van der Waals surface area (Å²) in [5.41, 5.74) is 0. The van der Waals surface area contributed by atoms with Gasteiger partial charge in [0, 0.05) is 11.4 Å². The first-order valence-electron chi connectivity index (χ1n) is 6.50. The van der Waals surface area contributed by atoms with Gasteiger partial charge < -0.3 is 5.32 Å². The van der Waals surface area contributed by atoms with Crippen molar-refractivity contribution < 1.29 is 13.4 Å². The zero-order chi connectivity index (χ0) is 14.3. The van der Waals surface area contributed by atoms with Crippen molar-refractivity contribution in [1.82, 2.24) is 5.32 Å². The first-order valence-corrected chi connectivity index (χ1v) is 7.71. The zero-order valence-electron chi connectivity index (χ0n) is 11.3. The van der Waals surface area contributed by atoms with Crippen LogP contribution in [0.3, 0.4) is 0 Å². The van der Waals surface area contributed by atoms with Crippen LogP contribution >= 0.6 is 0 Å². The van der Waals surface area contributed by atoms with Gasteiger partial charge in [-0.15, -0.1) is 0 Å². The highest BCUT2D eigenvalue weighted by Crippen LogP contribution is 2.13. The van der Waals surface area contributed by atoms with Crippen LogP contribution in [0.4, 0.5) is 4.39 Å². The molecule has 0 heterocycles. The molecule has 0 bridgehead atoms. The van der Waals surface area contributed by atoms with Crippen molar-refractivity contribution in [3.63, 3.8) is 0 Å². The summed E-state index contributed by atoms with van der Waals surface area (Å²) in [5.74, 6) is -0.694. The fourth-order valence-corrected chi connectivity index (χ4v) is 2.75. The number of halogens is 1. The molecule has 0 aliphatic carbocycles. The van der Waals surface area contributed by atoms with Gasteiger partial charge in [-0.25, -0.2) is 4.39 Å². The molecule has 0 aromatic heterocycles. The maximum atomic E-state index is 13.0. The third kappa shape index (κ3) is 5.11. The van der Waals surface area contributed by atoms with Gasteiger partial charge >= 0.3 is 0 Å². The monoisotopic (exact) mass is 285 g/mol. The summed E-state index contributed by atoms with van der Waals surface area (Å²) in [5, 5.41) is 2.08. The van der Waals surface area contributed by atoms with Gasteiger partial charge in [-0.2, -0.15) is 0 Å². The summed E-state index contributed by atoms with van der Waals surface area (Å²) in [6.07, 6.45) is 3.06. The molecule has 5 heteroatoms. The van der Waals surface area contributed by atoms with E-state index >= 15 is 0 Å². The normalized spacial score (nSPS) is 13.8. The third-order valence-electron chi connectivity index (χ3n) is 2.80. The van der Waals surface area contributed by atoms with E-state index in [9.17, 15) is 13.4 Å². The fraction of sp³-hybridized carbons (Fsp3) is 0.500. The Morgan fingerprint density at radius 2 is 2.16 bits per heavy atom. The molecule has 19 heavy (non-hydrogen) atoms. The van der Waals surface area contributed by atoms with Crippen LogP contribution in [-0.4, -0.2) is 21.9 Å². The predicted octanol–water partition coefficient (Wildman–Crippen LogP) is 2.63. The van der Waals surface area contributed by atoms with Crippen molar-refractivity contribution >= 4 is 16.7 Å². The van der Waals surface area contributed by atoms with Gasteiger partial charge in [0.15, 0.2) is 0 Å². The second-order valence-corrected chi connectivity index (χ2v) is 6.17. The molecule has 1 aromatic rings. The van der Waals surface area contributed by atoms with Crippen molar-refractivity contribution in [2.45, 2.75) is 43.3 Å². The highest BCUT2D eigenvalue weighted by atomic mass is 32.2. The van der Waals surface area contributed by atoms with E-state index in [1.807, 2.05) is 0 Å². The van der Waals surface area contributed by atoms with E-state index in [1.54, 1.807) is 13.0 Å². The maximum Gasteiger partial charge on any atom is 0.235 e. The molecule has 1 N–H and O–H groups in total. The van der Waals surface area contributed by atoms with E-state index in [4.69, 9.17) is 0 Å². The highest BCUT2D eigenvalue weighted by Gasteiger charge is 2.21. The average molecular weight is 285 g/mol. The number of carbonyl (C=O) groups excluding carboxylic acids is 1. The molecule has 2 unspecified atom stereocenters. The number of hydrogen-bond acceptors (Lipinski definition) is 2. The minimum Gasteiger partial charge on any atom is -0.355 e. The molecule has 0 aliphatic rings. The second-order valence-electron chi connectivity index (χ2n) is 4.40. The molecule has 1 rings (SSSR count). The molecule has 0 saturated carbocycles. The van der Waals surface area contributed by atoms with Crippen molar-refractivity contribution in [3.05, 3.63) is 30.1 Å². The fourth-order valence-electron chi connectivity index (χ4n) is 1.62. The van der Waals surface area contributed by atoms with Gasteiger partial charge in [0.1, 0.15) is 11.1 Å². The molecule has 0 radical (unpaired) electrons. The first-order chi connectivity index (χ1) is 9.06. The standard InChI is InChI=1S/C14H20FNO2S/c1-3-4-5-9-16-14(17)11(2)19(18)13-8-6-7-12(15)10-13/h6-8,10-11H,3-5,9H2,1-2H3,(H,16,17). The predicted molar refractivity (Wildman–Crippen MR) is 74.8 cm³/mol. The largest absolute Gasteiger partial charge is 0.355 e. The van der Waals surface area contributed by atoms with Crippen molar-refractivity contribution in [2.75, 3.05) is 6.54 Å². The smallest absolute Gasteiger partial charge is 0.235 e. The Morgan fingerprint density at radius 3 is 2.79 bits per heavy atom. The summed E-state index contributed by atoms with van der Waals surface area (Å²) >= 11 is 0. The average Bonchev–Trinajstić information content (AvgIpc) is 2.41. The van der Waals surface area contributed by atoms with Gasteiger partial charge in [0.25, 0.3) is 0 Å². The Morgan fingerprint density at radius 1 is 1.42 bits per heavy atom. The Balaban J connectivity index is 2.54. The molecular formula is C14H20FNO2S. The van der Waals surface area contributed by atoms with E-state index in [2.05, 4.69) is 12.2 Å². The Labute approximate surface area is 116 Å². The molecular weight excluding hydrogens is 265 g/mol. The minimum atomic E-state index is -1.53. The number of rotatable bonds is 7. The van der Waals surface area contributed by atoms with Crippen LogP contribution in [0, 0.1) is 5.82 Å². The molecule has 0 fully saturated rings. The lowest BCUT2D eigenvalue weighted by molar-refractivity contribution is -0.120. The van der Waals surface area contributed by atoms with E-state index in [0.717, 1.165) is 19.3 Å². The summed E-state index contributed by atoms with van der Waals surface area (Å²) in [6.45, 7) is 4.27. The van der Waals surface area contributed by atoms with Gasteiger partial charge in [-0.05, 0) is 31.5 Å². The quantitative estimate of drug-likeness (QED) is 0.783. The van der Waals surface area contributed by atoms with Crippen LogP contribution in [0.2, 0.25) is 0 Å². The summed E-state index contributed by atoms with van der Waals surface area (Å²) in [4.78, 5) is 12.2. The summed E-state index contributed by atoms with van der Waals surface area (Å²) in [7, 11) is -1.53. The lowest BCUT2D eigenvalue weighted by Gasteiger charge is -2.12. The van der Waals surface area contributed by atoms with Gasteiger partial charge in [0.05, 0.1) is 10.8 Å². The topological polar surface area (TPSA) is 46.2 Å². The molecule has 1 aromatic carbocycles. The molecule has 0 spiro atoms. The lowest BCUT2D eigenvalue weighted by atomic mass is 10.2. The molecule has 3 nitrogen and oxygen atoms in total. The van der Waals surface area contributed by atoms with Crippen LogP contribution in [0.5, 0.6) is 0 Å². The minimum absolute atomic E-state index is 0.251. The molecule has 106 valence electrons. The van der Waals surface area contributed by atoms with Gasteiger partial charge in [0.2, 0.25) is 5.91 Å². The Bertz CT molecular complexity index is 451. The highest BCUT2D eigenvalue weighted by molar-refractivity contribution is 7.86. The van der Waals surface area contributed by atoms with Crippen LogP contribution in [-0.2, 0) is 15.6 Å². The van der Waals surface area contributed by atoms with E-state index in [1.165, 1.54) is 18.2 Å². The van der Waals surface area contributed by atoms with Crippen LogP contribution < -0.4 is 5.32 Å². The van der Waals surface area contributed by atoms with Crippen LogP contribution in [0.25, 0.3) is 0 Å². The van der Waals surface area contributed by atoms with Crippen molar-refractivity contribution in [2.24, 2.45) is 0 Å². The summed E-state index contributed by atoms with van der Waals surface area (Å²) < 4.78 is 25.2. The van der Waals surface area contributed by atoms with Gasteiger partial charge in [-0.1, -0.05) is 25.8 Å². The maximum absolute atomic E-state index is 13.0. The van der Waals surface area contributed by atoms with Gasteiger partial charge in [-0.3, -0.25) is 9.00 Å². The lowest BCUT2D eigenvalue weighted by Crippen LogP contribution is -2.36. The van der Waals surface area contributed by atoms with Crippen molar-refractivity contribution in [3.8, 4) is 0 Å². The SMILES string of the molecule is CCCCCNC(=O)C(C)S(=O)c1cccc(F)c1. The number of carbonyl (C=O) groups is 1. The van der Waals surface area contributed by atoms with E-state index < -0.39 is 21.9 Å².